The van der Waals surface area contributed by atoms with Crippen LogP contribution in [0.15, 0.2) is 125 Å². The van der Waals surface area contributed by atoms with Gasteiger partial charge in [0.25, 0.3) is 5.56 Å². The third-order valence-corrected chi connectivity index (χ3v) is 16.2. The molecule has 16 heteroatoms. The van der Waals surface area contributed by atoms with Crippen LogP contribution in [0.2, 0.25) is 0 Å². The van der Waals surface area contributed by atoms with Gasteiger partial charge in [-0.15, -0.1) is 0 Å². The van der Waals surface area contributed by atoms with Crippen LogP contribution in [0.5, 0.6) is 11.5 Å². The maximum atomic E-state index is 13.6. The number of thioether (sulfide) groups is 1. The molecular formula is C47H54N3O10PS2. The number of ether oxygens (including phenoxy) is 6. The molecule has 2 aliphatic rings. The number of nitrogens with zero attached hydrogens (tertiary/aromatic N) is 2. The van der Waals surface area contributed by atoms with E-state index in [-0.39, 0.29) is 24.9 Å². The van der Waals surface area contributed by atoms with Crippen LogP contribution < -0.4 is 20.7 Å². The molecule has 63 heavy (non-hydrogen) atoms. The highest BCUT2D eigenvalue weighted by Gasteiger charge is 2.51. The van der Waals surface area contributed by atoms with Crippen molar-refractivity contribution in [1.29, 1.82) is 0 Å². The van der Waals surface area contributed by atoms with Crippen LogP contribution in [0, 0.1) is 6.92 Å². The van der Waals surface area contributed by atoms with Crippen molar-refractivity contribution in [2.45, 2.75) is 49.9 Å². The van der Waals surface area contributed by atoms with Crippen LogP contribution in [0.1, 0.15) is 51.7 Å². The van der Waals surface area contributed by atoms with E-state index in [1.165, 1.54) is 22.5 Å². The molecule has 2 fully saturated rings. The van der Waals surface area contributed by atoms with Crippen LogP contribution in [-0.4, -0.2) is 103 Å². The topological polar surface area (TPSA) is 140 Å². The number of carbonyl (C=O) groups excluding carboxylic acids is 1. The molecule has 0 spiro atoms. The number of benzene rings is 4. The third kappa shape index (κ3) is 11.2. The molecule has 0 saturated carbocycles. The minimum absolute atomic E-state index is 0.00931. The average molecular weight is 916 g/mol. The molecular weight excluding hydrogens is 862 g/mol. The molecule has 0 radical (unpaired) electrons. The van der Waals surface area contributed by atoms with E-state index in [2.05, 4.69) is 9.65 Å². The molecule has 1 N–H and O–H groups in total. The van der Waals surface area contributed by atoms with Gasteiger partial charge >= 0.3 is 5.69 Å². The number of carbonyl (C=O) groups is 1. The first-order valence-corrected chi connectivity index (χ1v) is 24.7. The van der Waals surface area contributed by atoms with Crippen molar-refractivity contribution in [3.05, 3.63) is 164 Å². The predicted octanol–water partition coefficient (Wildman–Crippen LogP) is 7.81. The third-order valence-electron chi connectivity index (χ3n) is 11.0. The summed E-state index contributed by atoms with van der Waals surface area (Å²) in [5, 5.41) is 0.0238. The largest absolute Gasteiger partial charge is 0.497 e. The minimum atomic E-state index is -1.31. The molecule has 5 atom stereocenters. The summed E-state index contributed by atoms with van der Waals surface area (Å²) in [6.45, 7) is 3.81. The van der Waals surface area contributed by atoms with Gasteiger partial charge in [-0.3, -0.25) is 23.8 Å². The van der Waals surface area contributed by atoms with Gasteiger partial charge in [-0.25, -0.2) is 4.79 Å². The van der Waals surface area contributed by atoms with Crippen LogP contribution in [0.4, 0.5) is 0 Å². The second-order valence-electron chi connectivity index (χ2n) is 15.0. The maximum absolute atomic E-state index is 13.6. The van der Waals surface area contributed by atoms with Crippen LogP contribution >= 0.6 is 30.6 Å². The van der Waals surface area contributed by atoms with Crippen molar-refractivity contribution in [3.8, 4) is 11.5 Å². The summed E-state index contributed by atoms with van der Waals surface area (Å²) in [6.07, 6.45) is 0.184. The summed E-state index contributed by atoms with van der Waals surface area (Å²) in [6, 6.07) is 34.9. The van der Waals surface area contributed by atoms with Gasteiger partial charge in [-0.05, 0) is 60.7 Å². The first-order valence-electron chi connectivity index (χ1n) is 20.9. The number of hydrogen-bond acceptors (Lipinski definition) is 13. The Balaban J connectivity index is 1.28. The minimum Gasteiger partial charge on any atom is -0.497 e. The number of nitrogens with one attached hydrogen (secondary N) is 1. The van der Waals surface area contributed by atoms with E-state index in [4.69, 9.17) is 32.9 Å². The molecule has 13 nitrogen and oxygen atoms in total. The van der Waals surface area contributed by atoms with Crippen molar-refractivity contribution in [2.75, 3.05) is 65.7 Å². The van der Waals surface area contributed by atoms with E-state index in [1.54, 1.807) is 39.6 Å². The van der Waals surface area contributed by atoms with Gasteiger partial charge in [0, 0.05) is 49.0 Å². The standard InChI is InChI=1S/C47H54N3O10PS2/c1-33-31-50(46(53)48-43(33)51)44-42(57-28-27-54-2)41(60-61(49-25-11-12-26-49)63-30-29-62-45(52)34-13-7-5-8-14-34)40(59-44)32-58-47(35-15-9-6-10-16-35,36-17-21-38(55-3)22-18-36)37-19-23-39(56-4)24-20-37/h5-10,13-24,31,40-42,44H,11-12,25-30,32H2,1-4H3,(H,48,51,53)/t40-,41?,42?,44-,61?/m1/s1. The molecule has 0 aliphatic carbocycles. The van der Waals surface area contributed by atoms with Crippen molar-refractivity contribution >= 4 is 35.8 Å². The van der Waals surface area contributed by atoms with Crippen LogP contribution in [-0.2, 0) is 29.1 Å². The van der Waals surface area contributed by atoms with Crippen LogP contribution in [0.3, 0.4) is 0 Å². The molecule has 2 aliphatic heterocycles. The quantitative estimate of drug-likeness (QED) is 0.0435. The maximum Gasteiger partial charge on any atom is 0.330 e. The molecule has 334 valence electrons. The van der Waals surface area contributed by atoms with E-state index in [1.807, 2.05) is 109 Å². The Morgan fingerprint density at radius 3 is 2.00 bits per heavy atom. The summed E-state index contributed by atoms with van der Waals surface area (Å²) in [4.78, 5) is 41.7. The summed E-state index contributed by atoms with van der Waals surface area (Å²) >= 11 is 2.97. The number of methoxy groups -OCH3 is 3. The van der Waals surface area contributed by atoms with Crippen molar-refractivity contribution in [2.24, 2.45) is 0 Å². The van der Waals surface area contributed by atoms with Gasteiger partial charge in [0.05, 0.1) is 34.0 Å². The zero-order valence-electron chi connectivity index (χ0n) is 35.9. The van der Waals surface area contributed by atoms with Crippen molar-refractivity contribution in [3.63, 3.8) is 0 Å². The van der Waals surface area contributed by atoms with Gasteiger partial charge in [0.15, 0.2) is 13.7 Å². The van der Waals surface area contributed by atoms with E-state index in [0.717, 1.165) is 42.6 Å². The number of aryl methyl sites for hydroxylation is 1. The van der Waals surface area contributed by atoms with Gasteiger partial charge in [0.1, 0.15) is 35.4 Å². The molecule has 3 unspecified atom stereocenters. The van der Waals surface area contributed by atoms with Crippen molar-refractivity contribution in [1.82, 2.24) is 14.2 Å². The van der Waals surface area contributed by atoms with Gasteiger partial charge in [-0.1, -0.05) is 108 Å². The van der Waals surface area contributed by atoms with Gasteiger partial charge in [0.2, 0.25) is 5.12 Å². The van der Waals surface area contributed by atoms with E-state index >= 15 is 0 Å². The highest BCUT2D eigenvalue weighted by molar-refractivity contribution is 8.53. The summed E-state index contributed by atoms with van der Waals surface area (Å²) < 4.78 is 48.5. The Bertz CT molecular complexity index is 2280. The number of rotatable bonds is 21. The molecule has 5 aromatic rings. The molecule has 0 amide bonds. The fraction of sp³-hybridized carbons (Fsp3) is 0.383. The molecule has 2 saturated heterocycles. The fourth-order valence-corrected chi connectivity index (χ4v) is 13.1. The lowest BCUT2D eigenvalue weighted by molar-refractivity contribution is -0.0990. The number of H-pyrrole nitrogens is 1. The molecule has 0 bridgehead atoms. The normalized spacial score (nSPS) is 19.6. The lowest BCUT2D eigenvalue weighted by atomic mass is 9.80. The molecule has 1 aromatic heterocycles. The zero-order valence-corrected chi connectivity index (χ0v) is 38.4. The lowest BCUT2D eigenvalue weighted by Crippen LogP contribution is -2.42. The fourth-order valence-electron chi connectivity index (χ4n) is 7.75. The molecule has 4 aromatic carbocycles. The monoisotopic (exact) mass is 915 g/mol. The summed E-state index contributed by atoms with van der Waals surface area (Å²) in [7, 11) is 3.54. The van der Waals surface area contributed by atoms with E-state index < -0.39 is 48.9 Å². The van der Waals surface area contributed by atoms with Crippen LogP contribution in [0.25, 0.3) is 0 Å². The Morgan fingerprint density at radius 2 is 1.40 bits per heavy atom. The molecule has 3 heterocycles. The Hall–Kier alpha value is -4.28. The highest BCUT2D eigenvalue weighted by atomic mass is 32.7. The highest BCUT2D eigenvalue weighted by Crippen LogP contribution is 2.58. The van der Waals surface area contributed by atoms with E-state index in [9.17, 15) is 14.4 Å². The first kappa shape index (κ1) is 46.7. The van der Waals surface area contributed by atoms with E-state index in [0.29, 0.717) is 34.1 Å². The molecule has 7 rings (SSSR count). The second-order valence-corrected chi connectivity index (χ2v) is 19.7. The smallest absolute Gasteiger partial charge is 0.330 e. The van der Waals surface area contributed by atoms with Gasteiger partial charge < -0.3 is 32.9 Å². The first-order chi connectivity index (χ1) is 30.7. The Kier molecular flexibility index (Phi) is 16.7. The number of aromatic amines is 1. The Labute approximate surface area is 377 Å². The van der Waals surface area contributed by atoms with Crippen molar-refractivity contribution < 1.29 is 37.7 Å². The number of hydrogen-bond donors (Lipinski definition) is 1. The summed E-state index contributed by atoms with van der Waals surface area (Å²) in [5.41, 5.74) is 1.25. The Morgan fingerprint density at radius 1 is 0.794 bits per heavy atom. The zero-order chi connectivity index (χ0) is 44.2. The predicted molar refractivity (Wildman–Crippen MR) is 248 cm³/mol. The van der Waals surface area contributed by atoms with Gasteiger partial charge in [-0.2, -0.15) is 0 Å². The SMILES string of the molecule is COCCOC1C(OP(SCCSC(=O)c2ccccc2)N2CCCC2)[C@@H](COC(c2ccccc2)(c2ccc(OC)cc2)c2ccc(OC)cc2)O[C@H]1n1cc(C)c(=O)[nH]c1=O. The summed E-state index contributed by atoms with van der Waals surface area (Å²) in [5.74, 6) is 2.63. The lowest BCUT2D eigenvalue weighted by Gasteiger charge is -2.38. The number of aromatic nitrogens is 2. The average Bonchev–Trinajstić information content (AvgIpc) is 3.98. The second kappa shape index (κ2) is 22.6.